The fraction of sp³-hybridized carbons (Fsp3) is 0.659. The molecule has 1 amide bonds. The summed E-state index contributed by atoms with van der Waals surface area (Å²) in [6.07, 6.45) is 8.78. The molecule has 49 heavy (non-hydrogen) atoms. The highest BCUT2D eigenvalue weighted by atomic mass is 16.5. The number of aliphatic hydroxyl groups is 1. The fourth-order valence-corrected chi connectivity index (χ4v) is 8.50. The van der Waals surface area contributed by atoms with Crippen LogP contribution in [0.1, 0.15) is 123 Å². The van der Waals surface area contributed by atoms with Gasteiger partial charge in [0.1, 0.15) is 6.10 Å². The van der Waals surface area contributed by atoms with Crippen molar-refractivity contribution in [2.24, 2.45) is 33.7 Å². The Morgan fingerprint density at radius 2 is 1.76 bits per heavy atom. The minimum Gasteiger partial charge on any atom is -0.504 e. The number of phenolic OH excluding ortho intramolecular Hbond substituents is 1. The lowest BCUT2D eigenvalue weighted by Crippen LogP contribution is -2.71. The number of guanidine groups is 1. The van der Waals surface area contributed by atoms with Gasteiger partial charge in [0.2, 0.25) is 5.91 Å². The largest absolute Gasteiger partial charge is 0.504 e. The number of carbonyl (C=O) groups excluding carboxylic acids is 1. The molecule has 3 aliphatic rings. The highest BCUT2D eigenvalue weighted by molar-refractivity contribution is 5.79. The molecule has 6 unspecified atom stereocenters. The van der Waals surface area contributed by atoms with Crippen LogP contribution >= 0.6 is 0 Å². The van der Waals surface area contributed by atoms with Crippen LogP contribution in [-0.4, -0.2) is 58.3 Å². The van der Waals surface area contributed by atoms with Crippen molar-refractivity contribution in [1.82, 2.24) is 4.90 Å². The van der Waals surface area contributed by atoms with Crippen LogP contribution in [0, 0.1) is 17.3 Å². The van der Waals surface area contributed by atoms with Gasteiger partial charge in [0.05, 0.1) is 23.5 Å². The van der Waals surface area contributed by atoms with Crippen LogP contribution in [0.4, 0.5) is 0 Å². The van der Waals surface area contributed by atoms with Gasteiger partial charge in [-0.1, -0.05) is 111 Å². The number of nitrogens with two attached hydrogens (primary N) is 2. The lowest BCUT2D eigenvalue weighted by Gasteiger charge is -2.61. The van der Waals surface area contributed by atoms with E-state index in [1.807, 2.05) is 55.3 Å². The quantitative estimate of drug-likeness (QED) is 0.152. The summed E-state index contributed by atoms with van der Waals surface area (Å²) in [6.45, 7) is 18.3. The van der Waals surface area contributed by atoms with E-state index in [-0.39, 0.29) is 35.7 Å². The van der Waals surface area contributed by atoms with E-state index in [0.717, 1.165) is 36.8 Å². The molecule has 0 spiro atoms. The molecule has 274 valence electrons. The van der Waals surface area contributed by atoms with Gasteiger partial charge >= 0.3 is 0 Å². The summed E-state index contributed by atoms with van der Waals surface area (Å²) in [6, 6.07) is 13.4. The number of likely N-dealkylation sites (N-methyl/N-ethyl adjacent to an activating group) is 1. The summed E-state index contributed by atoms with van der Waals surface area (Å²) < 4.78 is 6.65. The number of hydrogen-bond donors (Lipinski definition) is 4. The van der Waals surface area contributed by atoms with Crippen molar-refractivity contribution in [3.63, 3.8) is 0 Å². The molecule has 2 aromatic rings. The molecule has 2 aromatic carbocycles. The van der Waals surface area contributed by atoms with E-state index in [9.17, 15) is 15.0 Å². The molecule has 1 saturated carbocycles. The smallest absolute Gasteiger partial charge is 0.227 e. The Morgan fingerprint density at radius 1 is 1.08 bits per heavy atom. The summed E-state index contributed by atoms with van der Waals surface area (Å²) in [5.41, 5.74) is 12.0. The van der Waals surface area contributed by atoms with Crippen LogP contribution in [0.2, 0.25) is 0 Å². The first-order valence-electron chi connectivity index (χ1n) is 18.7. The van der Waals surface area contributed by atoms with Gasteiger partial charge in [0, 0.05) is 19.2 Å². The number of hydrogen-bond acceptors (Lipinski definition) is 5. The van der Waals surface area contributed by atoms with Gasteiger partial charge in [-0.25, -0.2) is 0 Å². The Hall–Kier alpha value is -3.26. The van der Waals surface area contributed by atoms with E-state index >= 15 is 0 Å². The molecule has 1 heterocycles. The Bertz CT molecular complexity index is 1390. The number of aliphatic imine (C=N–C) groups is 1. The van der Waals surface area contributed by atoms with Crippen molar-refractivity contribution in [2.45, 2.75) is 143 Å². The maximum absolute atomic E-state index is 13.4. The fourth-order valence-electron chi connectivity index (χ4n) is 8.50. The molecule has 1 aliphatic heterocycles. The van der Waals surface area contributed by atoms with Crippen LogP contribution in [-0.2, 0) is 23.1 Å². The van der Waals surface area contributed by atoms with Crippen molar-refractivity contribution in [3.05, 3.63) is 59.2 Å². The zero-order chi connectivity index (χ0) is 36.6. The first-order valence-corrected chi connectivity index (χ1v) is 18.7. The Labute approximate surface area is 296 Å². The number of aromatic hydroxyl groups is 1. The predicted molar refractivity (Wildman–Crippen MR) is 202 cm³/mol. The third-order valence-corrected chi connectivity index (χ3v) is 11.1. The molecule has 8 heteroatoms. The van der Waals surface area contributed by atoms with E-state index in [1.54, 1.807) is 6.07 Å². The molecule has 0 radical (unpaired) electrons. The van der Waals surface area contributed by atoms with Gasteiger partial charge in [-0.05, 0) is 73.5 Å². The van der Waals surface area contributed by atoms with Crippen molar-refractivity contribution in [3.8, 4) is 11.5 Å². The number of phenols is 1. The summed E-state index contributed by atoms with van der Waals surface area (Å²) in [7, 11) is 1.88. The topological polar surface area (TPSA) is 134 Å². The average Bonchev–Trinajstić information content (AvgIpc) is 3.41. The summed E-state index contributed by atoms with van der Waals surface area (Å²) >= 11 is 0. The Balaban J connectivity index is 0.000000392. The highest BCUT2D eigenvalue weighted by Gasteiger charge is 2.71. The molecule has 0 saturated heterocycles. The summed E-state index contributed by atoms with van der Waals surface area (Å²) in [4.78, 5) is 18.9. The zero-order valence-electron chi connectivity index (χ0n) is 31.9. The summed E-state index contributed by atoms with van der Waals surface area (Å²) in [5.74, 6) is 1.34. The van der Waals surface area contributed by atoms with Gasteiger partial charge in [-0.2, -0.15) is 0 Å². The number of amides is 1. The van der Waals surface area contributed by atoms with Crippen LogP contribution in [0.25, 0.3) is 0 Å². The second kappa shape index (κ2) is 17.1. The van der Waals surface area contributed by atoms with Crippen molar-refractivity contribution in [2.75, 3.05) is 13.6 Å². The second-order valence-corrected chi connectivity index (χ2v) is 15.7. The first-order chi connectivity index (χ1) is 23.1. The lowest BCUT2D eigenvalue weighted by molar-refractivity contribution is -0.181. The standard InChI is InChI=1S/C30H39NO4.C8H18.C3H9N3/c1-5-15-29-26-21-12-13-24(32)27(26)35-28(29)23(14-16-30(29,34)22(18-21)19(3)6-2)31(4)25(33)17-20-10-8-7-9-11-20;1-5-6-7-8(2,3)4;1-2-6-3(4)5/h7-13,19,22-23,28,32,34H,5-6,14-18H2,1-4H3;5-7H2,1-4H3;2H2,1H3,(H4,4,5,6). The third kappa shape index (κ3) is 8.73. The van der Waals surface area contributed by atoms with Crippen molar-refractivity contribution in [1.29, 1.82) is 0 Å². The summed E-state index contributed by atoms with van der Waals surface area (Å²) in [5, 5.41) is 23.5. The third-order valence-electron chi connectivity index (χ3n) is 11.1. The minimum absolute atomic E-state index is 0.0524. The molecule has 0 bridgehead atoms. The Morgan fingerprint density at radius 3 is 2.27 bits per heavy atom. The monoisotopic (exact) mass is 679 g/mol. The van der Waals surface area contributed by atoms with Crippen LogP contribution in [0.15, 0.2) is 47.5 Å². The van der Waals surface area contributed by atoms with Gasteiger partial charge in [-0.3, -0.25) is 9.79 Å². The number of unbranched alkanes of at least 4 members (excludes halogenated alkanes) is 1. The van der Waals surface area contributed by atoms with Crippen LogP contribution in [0.5, 0.6) is 11.5 Å². The zero-order valence-corrected chi connectivity index (χ0v) is 31.9. The predicted octanol–water partition coefficient (Wildman–Crippen LogP) is 7.51. The molecule has 6 atom stereocenters. The molecule has 0 aromatic heterocycles. The SMILES string of the molecule is CCCC12c3c4ccc(O)c3OC1C(N(C)C(=O)Cc1ccccc1)CCC2(O)C(C(C)CC)C4.CCCCC(C)(C)C.CCN=C(N)N. The molecule has 8 nitrogen and oxygen atoms in total. The van der Waals surface area contributed by atoms with Crippen molar-refractivity contribution >= 4 is 11.9 Å². The van der Waals surface area contributed by atoms with Crippen molar-refractivity contribution < 1.29 is 19.7 Å². The molecule has 1 fully saturated rings. The van der Waals surface area contributed by atoms with E-state index < -0.39 is 11.0 Å². The molecule has 2 aliphatic carbocycles. The second-order valence-electron chi connectivity index (χ2n) is 15.7. The van der Waals surface area contributed by atoms with E-state index in [0.29, 0.717) is 42.9 Å². The number of rotatable bonds is 10. The Kier molecular flexibility index (Phi) is 14.0. The van der Waals surface area contributed by atoms with Gasteiger partial charge in [0.25, 0.3) is 0 Å². The average molecular weight is 679 g/mol. The molecular formula is C41H66N4O4. The molecule has 6 N–H and O–H groups in total. The molecule has 5 rings (SSSR count). The maximum Gasteiger partial charge on any atom is 0.227 e. The number of carbonyl (C=O) groups is 1. The van der Waals surface area contributed by atoms with Gasteiger partial charge in [0.15, 0.2) is 17.5 Å². The van der Waals surface area contributed by atoms with Crippen LogP contribution < -0.4 is 16.2 Å². The van der Waals surface area contributed by atoms with Gasteiger partial charge in [-0.15, -0.1) is 0 Å². The van der Waals surface area contributed by atoms with E-state index in [4.69, 9.17) is 16.2 Å². The van der Waals surface area contributed by atoms with Gasteiger partial charge < -0.3 is 31.3 Å². The minimum atomic E-state index is -0.936. The van der Waals surface area contributed by atoms with Crippen LogP contribution in [0.3, 0.4) is 0 Å². The number of benzene rings is 2. The maximum atomic E-state index is 13.4. The normalized spacial score (nSPS) is 25.3. The highest BCUT2D eigenvalue weighted by Crippen LogP contribution is 2.66. The number of nitrogens with zero attached hydrogens (tertiary/aromatic N) is 2. The lowest BCUT2D eigenvalue weighted by atomic mass is 9.46. The molecular weight excluding hydrogens is 612 g/mol. The van der Waals surface area contributed by atoms with E-state index in [2.05, 4.69) is 53.5 Å². The van der Waals surface area contributed by atoms with E-state index in [1.165, 1.54) is 24.8 Å². The number of ether oxygens (including phenoxy) is 1. The first kappa shape index (κ1) is 40.2.